The van der Waals surface area contributed by atoms with E-state index in [2.05, 4.69) is 18.3 Å². The van der Waals surface area contributed by atoms with E-state index < -0.39 is 11.4 Å². The van der Waals surface area contributed by atoms with Crippen molar-refractivity contribution in [2.75, 3.05) is 11.9 Å². The normalized spacial score (nSPS) is 14.7. The summed E-state index contributed by atoms with van der Waals surface area (Å²) in [6.45, 7) is 11.5. The summed E-state index contributed by atoms with van der Waals surface area (Å²) in [5.41, 5.74) is 5.61. The van der Waals surface area contributed by atoms with Crippen LogP contribution in [0.2, 0.25) is 0 Å². The van der Waals surface area contributed by atoms with Gasteiger partial charge in [0.2, 0.25) is 0 Å². The number of amides is 1. The van der Waals surface area contributed by atoms with Gasteiger partial charge in [-0.2, -0.15) is 0 Å². The smallest absolute Gasteiger partial charge is 0.313 e. The molecule has 1 atom stereocenters. The maximum atomic E-state index is 13.1. The quantitative estimate of drug-likeness (QED) is 0.432. The molecule has 0 radical (unpaired) electrons. The standard InChI is InChI=1S/C30H33NO5/c1-17-7-8-26-21(9-17)14-24(36-26)16-35-27-13-19(3)25(12-20(27)4)28(32)31-23-11-18(2)10-22(15-23)30(5,6)29(33)34/h7-13,15,24H,14,16H2,1-6H3,(H,31,32)(H,33,34)/t24-/m0/s1. The Morgan fingerprint density at radius 3 is 2.47 bits per heavy atom. The van der Waals surface area contributed by atoms with E-state index in [1.807, 2.05) is 57.2 Å². The first-order valence-electron chi connectivity index (χ1n) is 12.1. The lowest BCUT2D eigenvalue weighted by atomic mass is 9.84. The lowest BCUT2D eigenvalue weighted by molar-refractivity contribution is -0.142. The maximum absolute atomic E-state index is 13.1. The molecule has 1 aliphatic rings. The third kappa shape index (κ3) is 5.23. The van der Waals surface area contributed by atoms with Gasteiger partial charge >= 0.3 is 5.97 Å². The van der Waals surface area contributed by atoms with Crippen LogP contribution in [0.4, 0.5) is 5.69 Å². The highest BCUT2D eigenvalue weighted by Crippen LogP contribution is 2.31. The number of benzene rings is 3. The lowest BCUT2D eigenvalue weighted by Gasteiger charge is -2.21. The Hall–Kier alpha value is -3.80. The molecule has 1 heterocycles. The van der Waals surface area contributed by atoms with Gasteiger partial charge in [-0.3, -0.25) is 9.59 Å². The summed E-state index contributed by atoms with van der Waals surface area (Å²) in [5, 5.41) is 12.5. The van der Waals surface area contributed by atoms with E-state index in [1.165, 1.54) is 11.1 Å². The van der Waals surface area contributed by atoms with Crippen LogP contribution in [0.15, 0.2) is 48.5 Å². The van der Waals surface area contributed by atoms with Crippen LogP contribution in [0.3, 0.4) is 0 Å². The molecule has 1 amide bonds. The number of nitrogens with one attached hydrogen (secondary N) is 1. The van der Waals surface area contributed by atoms with E-state index >= 15 is 0 Å². The average molecular weight is 488 g/mol. The minimum atomic E-state index is -1.07. The van der Waals surface area contributed by atoms with Crippen molar-refractivity contribution in [2.45, 2.75) is 59.5 Å². The number of hydrogen-bond donors (Lipinski definition) is 2. The van der Waals surface area contributed by atoms with Crippen molar-refractivity contribution in [3.63, 3.8) is 0 Å². The Bertz CT molecular complexity index is 1340. The zero-order chi connectivity index (χ0) is 26.2. The molecule has 3 aromatic rings. The number of ether oxygens (including phenoxy) is 2. The van der Waals surface area contributed by atoms with Gasteiger partial charge in [-0.25, -0.2) is 0 Å². The van der Waals surface area contributed by atoms with Crippen LogP contribution in [0, 0.1) is 27.7 Å². The zero-order valence-electron chi connectivity index (χ0n) is 21.7. The number of carbonyl (C=O) groups excluding carboxylic acids is 1. The maximum Gasteiger partial charge on any atom is 0.313 e. The van der Waals surface area contributed by atoms with Crippen LogP contribution in [-0.2, 0) is 16.6 Å². The van der Waals surface area contributed by atoms with Gasteiger partial charge < -0.3 is 19.9 Å². The van der Waals surface area contributed by atoms with E-state index in [0.29, 0.717) is 23.4 Å². The first-order chi connectivity index (χ1) is 16.9. The first-order valence-corrected chi connectivity index (χ1v) is 12.1. The Balaban J connectivity index is 1.46. The van der Waals surface area contributed by atoms with E-state index in [9.17, 15) is 14.7 Å². The van der Waals surface area contributed by atoms with Crippen LogP contribution in [0.5, 0.6) is 11.5 Å². The van der Waals surface area contributed by atoms with E-state index in [0.717, 1.165) is 34.6 Å². The Labute approximate surface area is 212 Å². The highest BCUT2D eigenvalue weighted by Gasteiger charge is 2.30. The summed E-state index contributed by atoms with van der Waals surface area (Å²) in [6, 6.07) is 15.3. The third-order valence-electron chi connectivity index (χ3n) is 6.74. The molecule has 0 fully saturated rings. The molecule has 36 heavy (non-hydrogen) atoms. The number of anilines is 1. The number of carboxylic acid groups (broad SMARTS) is 1. The summed E-state index contributed by atoms with van der Waals surface area (Å²) in [4.78, 5) is 24.8. The Morgan fingerprint density at radius 1 is 1.00 bits per heavy atom. The second kappa shape index (κ2) is 9.69. The van der Waals surface area contributed by atoms with Gasteiger partial charge in [0.1, 0.15) is 24.2 Å². The molecule has 1 aliphatic heterocycles. The van der Waals surface area contributed by atoms with Gasteiger partial charge in [0.15, 0.2) is 0 Å². The number of rotatable bonds is 7. The molecule has 4 rings (SSSR count). The second-order valence-electron chi connectivity index (χ2n) is 10.3. The van der Waals surface area contributed by atoms with Gasteiger partial charge in [-0.15, -0.1) is 0 Å². The third-order valence-corrected chi connectivity index (χ3v) is 6.74. The van der Waals surface area contributed by atoms with Crippen LogP contribution in [-0.4, -0.2) is 29.7 Å². The monoisotopic (exact) mass is 487 g/mol. The minimum Gasteiger partial charge on any atom is -0.489 e. The SMILES string of the molecule is Cc1cc(NC(=O)c2cc(C)c(OC[C@@H]3Cc4cc(C)ccc4O3)cc2C)cc(C(C)(C)C(=O)O)c1. The van der Waals surface area contributed by atoms with Crippen molar-refractivity contribution in [3.05, 3.63) is 87.5 Å². The minimum absolute atomic E-state index is 0.0462. The molecule has 188 valence electrons. The molecule has 3 aromatic carbocycles. The zero-order valence-corrected chi connectivity index (χ0v) is 21.7. The molecule has 0 saturated carbocycles. The van der Waals surface area contributed by atoms with Crippen molar-refractivity contribution in [1.82, 2.24) is 0 Å². The number of aryl methyl sites for hydroxylation is 4. The Morgan fingerprint density at radius 2 is 1.75 bits per heavy atom. The Kier molecular flexibility index (Phi) is 6.81. The molecule has 2 N–H and O–H groups in total. The molecular weight excluding hydrogens is 454 g/mol. The van der Waals surface area contributed by atoms with Crippen molar-refractivity contribution < 1.29 is 24.2 Å². The number of carboxylic acids is 1. The highest BCUT2D eigenvalue weighted by molar-refractivity contribution is 6.05. The molecule has 0 aromatic heterocycles. The van der Waals surface area contributed by atoms with Crippen molar-refractivity contribution in [3.8, 4) is 11.5 Å². The summed E-state index contributed by atoms with van der Waals surface area (Å²) < 4.78 is 12.1. The predicted octanol–water partition coefficient (Wildman–Crippen LogP) is 5.92. The van der Waals surface area contributed by atoms with Gasteiger partial charge in [0, 0.05) is 17.7 Å². The van der Waals surface area contributed by atoms with Crippen LogP contribution in [0.1, 0.15) is 57.6 Å². The molecule has 6 nitrogen and oxygen atoms in total. The summed E-state index contributed by atoms with van der Waals surface area (Å²) in [5.74, 6) is 0.465. The summed E-state index contributed by atoms with van der Waals surface area (Å²) in [6.07, 6.45) is 0.766. The van der Waals surface area contributed by atoms with Gasteiger partial charge in [-0.1, -0.05) is 23.8 Å². The number of aliphatic carboxylic acids is 1. The molecule has 0 unspecified atom stereocenters. The highest BCUT2D eigenvalue weighted by atomic mass is 16.5. The average Bonchev–Trinajstić information content (AvgIpc) is 3.20. The topological polar surface area (TPSA) is 84.9 Å². The lowest BCUT2D eigenvalue weighted by Crippen LogP contribution is -2.28. The second-order valence-corrected chi connectivity index (χ2v) is 10.3. The van der Waals surface area contributed by atoms with Gasteiger partial charge in [-0.05, 0) is 99.7 Å². The van der Waals surface area contributed by atoms with E-state index in [-0.39, 0.29) is 12.0 Å². The molecule has 0 spiro atoms. The molecule has 0 bridgehead atoms. The molecule has 6 heteroatoms. The van der Waals surface area contributed by atoms with Crippen molar-refractivity contribution >= 4 is 17.6 Å². The first kappa shape index (κ1) is 25.3. The summed E-state index contributed by atoms with van der Waals surface area (Å²) >= 11 is 0. The fourth-order valence-electron chi connectivity index (χ4n) is 4.45. The van der Waals surface area contributed by atoms with E-state index in [1.54, 1.807) is 19.9 Å². The number of fused-ring (bicyclic) bond motifs is 1. The fraction of sp³-hybridized carbons (Fsp3) is 0.333. The largest absolute Gasteiger partial charge is 0.489 e. The van der Waals surface area contributed by atoms with Crippen LogP contribution >= 0.6 is 0 Å². The molecular formula is C30H33NO5. The summed E-state index contributed by atoms with van der Waals surface area (Å²) in [7, 11) is 0. The number of carbonyl (C=O) groups is 2. The van der Waals surface area contributed by atoms with E-state index in [4.69, 9.17) is 9.47 Å². The van der Waals surface area contributed by atoms with Crippen LogP contribution in [0.25, 0.3) is 0 Å². The number of hydrogen-bond acceptors (Lipinski definition) is 4. The van der Waals surface area contributed by atoms with Gasteiger partial charge in [0.25, 0.3) is 5.91 Å². The predicted molar refractivity (Wildman–Crippen MR) is 141 cm³/mol. The molecule has 0 saturated heterocycles. The van der Waals surface area contributed by atoms with Crippen molar-refractivity contribution in [2.24, 2.45) is 0 Å². The van der Waals surface area contributed by atoms with Crippen molar-refractivity contribution in [1.29, 1.82) is 0 Å². The fourth-order valence-corrected chi connectivity index (χ4v) is 4.45. The van der Waals surface area contributed by atoms with Crippen LogP contribution < -0.4 is 14.8 Å². The molecule has 0 aliphatic carbocycles. The van der Waals surface area contributed by atoms with Gasteiger partial charge in [0.05, 0.1) is 5.41 Å².